The fourth-order valence-corrected chi connectivity index (χ4v) is 1.45. The Labute approximate surface area is 80.4 Å². The van der Waals surface area contributed by atoms with Crippen molar-refractivity contribution in [1.82, 2.24) is 0 Å². The molecule has 2 N–H and O–H groups in total. The molecule has 2 heteroatoms. The molecule has 1 rings (SSSR count). The summed E-state index contributed by atoms with van der Waals surface area (Å²) in [6.07, 6.45) is 0. The zero-order valence-electron chi connectivity index (χ0n) is 8.83. The molecule has 0 aliphatic carbocycles. The lowest BCUT2D eigenvalue weighted by Gasteiger charge is -2.20. The first-order chi connectivity index (χ1) is 6.02. The van der Waals surface area contributed by atoms with Gasteiger partial charge in [-0.2, -0.15) is 0 Å². The Morgan fingerprint density at radius 3 is 2.38 bits per heavy atom. The van der Waals surface area contributed by atoms with E-state index in [1.54, 1.807) is 0 Å². The molecule has 13 heavy (non-hydrogen) atoms. The van der Waals surface area contributed by atoms with Crippen LogP contribution >= 0.6 is 0 Å². The van der Waals surface area contributed by atoms with E-state index in [0.717, 1.165) is 0 Å². The quantitative estimate of drug-likeness (QED) is 0.751. The predicted octanol–water partition coefficient (Wildman–Crippen LogP) is 2.08. The highest BCUT2D eigenvalue weighted by molar-refractivity contribution is 5.55. The lowest BCUT2D eigenvalue weighted by Crippen LogP contribution is -2.15. The highest BCUT2D eigenvalue weighted by atomic mass is 15.1. The number of hydrogen-bond donors (Lipinski definition) is 1. The van der Waals surface area contributed by atoms with E-state index in [-0.39, 0.29) is 6.04 Å². The zero-order chi connectivity index (χ0) is 10.0. The van der Waals surface area contributed by atoms with E-state index >= 15 is 0 Å². The van der Waals surface area contributed by atoms with Crippen LogP contribution in [0.1, 0.15) is 24.1 Å². The van der Waals surface area contributed by atoms with Crippen molar-refractivity contribution in [3.05, 3.63) is 29.3 Å². The third-order valence-corrected chi connectivity index (χ3v) is 2.16. The van der Waals surface area contributed by atoms with Gasteiger partial charge in [0.15, 0.2) is 0 Å². The van der Waals surface area contributed by atoms with Gasteiger partial charge in [-0.3, -0.25) is 0 Å². The molecular weight excluding hydrogens is 160 g/mol. The van der Waals surface area contributed by atoms with Gasteiger partial charge in [0.2, 0.25) is 0 Å². The maximum atomic E-state index is 5.89. The SMILES string of the molecule is Cc1ccc(N(C)C)c(C(C)N)c1. The average molecular weight is 178 g/mol. The standard InChI is InChI=1S/C11H18N2/c1-8-5-6-11(13(3)4)10(7-8)9(2)12/h5-7,9H,12H2,1-4H3. The van der Waals surface area contributed by atoms with E-state index in [1.165, 1.54) is 16.8 Å². The van der Waals surface area contributed by atoms with Crippen LogP contribution < -0.4 is 10.6 Å². The summed E-state index contributed by atoms with van der Waals surface area (Å²) in [6, 6.07) is 6.48. The van der Waals surface area contributed by atoms with Crippen LogP contribution in [0.5, 0.6) is 0 Å². The van der Waals surface area contributed by atoms with Crippen LogP contribution in [-0.2, 0) is 0 Å². The first-order valence-corrected chi connectivity index (χ1v) is 4.56. The lowest BCUT2D eigenvalue weighted by atomic mass is 10.0. The first-order valence-electron chi connectivity index (χ1n) is 4.56. The minimum absolute atomic E-state index is 0.0947. The summed E-state index contributed by atoms with van der Waals surface area (Å²) in [4.78, 5) is 2.10. The van der Waals surface area contributed by atoms with E-state index in [4.69, 9.17) is 5.73 Å². The molecule has 2 nitrogen and oxygen atoms in total. The number of nitrogens with two attached hydrogens (primary N) is 1. The third-order valence-electron chi connectivity index (χ3n) is 2.16. The van der Waals surface area contributed by atoms with Crippen molar-refractivity contribution >= 4 is 5.69 Å². The number of benzene rings is 1. The van der Waals surface area contributed by atoms with E-state index in [1.807, 2.05) is 21.0 Å². The molecule has 0 fully saturated rings. The van der Waals surface area contributed by atoms with Crippen molar-refractivity contribution in [2.24, 2.45) is 5.73 Å². The molecule has 0 amide bonds. The number of anilines is 1. The molecular formula is C11H18N2. The normalized spacial score (nSPS) is 12.7. The van der Waals surface area contributed by atoms with Gasteiger partial charge in [-0.15, -0.1) is 0 Å². The van der Waals surface area contributed by atoms with Crippen LogP contribution in [0.25, 0.3) is 0 Å². The molecule has 0 aliphatic rings. The summed E-state index contributed by atoms with van der Waals surface area (Å²) in [5.41, 5.74) is 9.58. The first kappa shape index (κ1) is 10.1. The Bertz CT molecular complexity index is 290. The topological polar surface area (TPSA) is 29.3 Å². The molecule has 0 saturated carbocycles. The predicted molar refractivity (Wildman–Crippen MR) is 58.1 cm³/mol. The summed E-state index contributed by atoms with van der Waals surface area (Å²) in [5.74, 6) is 0. The second kappa shape index (κ2) is 3.79. The lowest BCUT2D eigenvalue weighted by molar-refractivity contribution is 0.811. The van der Waals surface area contributed by atoms with Crippen molar-refractivity contribution in [3.8, 4) is 0 Å². The smallest absolute Gasteiger partial charge is 0.0409 e. The van der Waals surface area contributed by atoms with Gasteiger partial charge in [0.05, 0.1) is 0 Å². The van der Waals surface area contributed by atoms with E-state index in [2.05, 4.69) is 30.0 Å². The molecule has 1 atom stereocenters. The summed E-state index contributed by atoms with van der Waals surface area (Å²) >= 11 is 0. The summed E-state index contributed by atoms with van der Waals surface area (Å²) < 4.78 is 0. The highest BCUT2D eigenvalue weighted by Crippen LogP contribution is 2.24. The van der Waals surface area contributed by atoms with Gasteiger partial charge in [0, 0.05) is 25.8 Å². The molecule has 72 valence electrons. The van der Waals surface area contributed by atoms with Gasteiger partial charge in [-0.1, -0.05) is 17.7 Å². The Kier molecular flexibility index (Phi) is 2.94. The molecule has 0 aromatic heterocycles. The monoisotopic (exact) mass is 178 g/mol. The Morgan fingerprint density at radius 1 is 1.31 bits per heavy atom. The van der Waals surface area contributed by atoms with Crippen molar-refractivity contribution in [2.45, 2.75) is 19.9 Å². The van der Waals surface area contributed by atoms with Crippen LogP contribution in [0.4, 0.5) is 5.69 Å². The van der Waals surface area contributed by atoms with E-state index in [9.17, 15) is 0 Å². The van der Waals surface area contributed by atoms with Crippen LogP contribution in [0.3, 0.4) is 0 Å². The minimum atomic E-state index is 0.0947. The Balaban J connectivity index is 3.19. The average Bonchev–Trinajstić information content (AvgIpc) is 2.03. The maximum absolute atomic E-state index is 5.89. The Morgan fingerprint density at radius 2 is 1.92 bits per heavy atom. The van der Waals surface area contributed by atoms with Gasteiger partial charge in [-0.05, 0) is 25.5 Å². The highest BCUT2D eigenvalue weighted by Gasteiger charge is 2.07. The zero-order valence-corrected chi connectivity index (χ0v) is 8.83. The molecule has 1 aromatic carbocycles. The van der Waals surface area contributed by atoms with Gasteiger partial charge in [-0.25, -0.2) is 0 Å². The molecule has 0 saturated heterocycles. The molecule has 0 aliphatic heterocycles. The summed E-state index contributed by atoms with van der Waals surface area (Å²) in [6.45, 7) is 4.10. The van der Waals surface area contributed by atoms with Crippen molar-refractivity contribution in [2.75, 3.05) is 19.0 Å². The van der Waals surface area contributed by atoms with E-state index < -0.39 is 0 Å². The van der Waals surface area contributed by atoms with Crippen LogP contribution in [-0.4, -0.2) is 14.1 Å². The number of nitrogens with zero attached hydrogens (tertiary/aromatic N) is 1. The van der Waals surface area contributed by atoms with Crippen LogP contribution in [0.15, 0.2) is 18.2 Å². The van der Waals surface area contributed by atoms with Crippen molar-refractivity contribution in [3.63, 3.8) is 0 Å². The van der Waals surface area contributed by atoms with Crippen LogP contribution in [0.2, 0.25) is 0 Å². The molecule has 0 bridgehead atoms. The van der Waals surface area contributed by atoms with Crippen molar-refractivity contribution < 1.29 is 0 Å². The second-order valence-corrected chi connectivity index (χ2v) is 3.75. The fraction of sp³-hybridized carbons (Fsp3) is 0.455. The van der Waals surface area contributed by atoms with Gasteiger partial charge in [0.1, 0.15) is 0 Å². The van der Waals surface area contributed by atoms with E-state index in [0.29, 0.717) is 0 Å². The molecule has 1 unspecified atom stereocenters. The number of rotatable bonds is 2. The minimum Gasteiger partial charge on any atom is -0.377 e. The van der Waals surface area contributed by atoms with Crippen LogP contribution in [0, 0.1) is 6.92 Å². The number of aryl methyl sites for hydroxylation is 1. The molecule has 1 aromatic rings. The molecule has 0 radical (unpaired) electrons. The third kappa shape index (κ3) is 2.22. The number of hydrogen-bond acceptors (Lipinski definition) is 2. The second-order valence-electron chi connectivity index (χ2n) is 3.75. The van der Waals surface area contributed by atoms with Crippen molar-refractivity contribution in [1.29, 1.82) is 0 Å². The van der Waals surface area contributed by atoms with Gasteiger partial charge < -0.3 is 10.6 Å². The Hall–Kier alpha value is -1.02. The van der Waals surface area contributed by atoms with Gasteiger partial charge in [0.25, 0.3) is 0 Å². The largest absolute Gasteiger partial charge is 0.377 e. The fourth-order valence-electron chi connectivity index (χ4n) is 1.45. The summed E-state index contributed by atoms with van der Waals surface area (Å²) in [5, 5.41) is 0. The summed E-state index contributed by atoms with van der Waals surface area (Å²) in [7, 11) is 4.08. The maximum Gasteiger partial charge on any atom is 0.0409 e. The molecule has 0 spiro atoms. The molecule has 0 heterocycles. The van der Waals surface area contributed by atoms with Gasteiger partial charge >= 0.3 is 0 Å².